The van der Waals surface area contributed by atoms with Gasteiger partial charge < -0.3 is 54.0 Å². The minimum Gasteiger partial charge on any atom is -0.481 e. The molecule has 14 nitrogen and oxygen atoms in total. The number of carboxylic acids is 1. The number of aliphatic hydroxyl groups is 4. The molecule has 4 aliphatic heterocycles. The van der Waals surface area contributed by atoms with E-state index in [-0.39, 0.29) is 19.4 Å². The molecule has 0 amide bonds. The van der Waals surface area contributed by atoms with E-state index in [2.05, 4.69) is 0 Å². The second-order valence-electron chi connectivity index (χ2n) is 11.6. The van der Waals surface area contributed by atoms with Gasteiger partial charge in [-0.3, -0.25) is 9.59 Å². The summed E-state index contributed by atoms with van der Waals surface area (Å²) >= 11 is 0. The van der Waals surface area contributed by atoms with Gasteiger partial charge in [-0.15, -0.1) is 0 Å². The van der Waals surface area contributed by atoms with Crippen LogP contribution in [0.4, 0.5) is 0 Å². The first-order chi connectivity index (χ1) is 19.4. The summed E-state index contributed by atoms with van der Waals surface area (Å²) in [5.41, 5.74) is -3.32. The van der Waals surface area contributed by atoms with E-state index in [1.165, 1.54) is 0 Å². The predicted octanol–water partition coefficient (Wildman–Crippen LogP) is -0.942. The first-order valence-electron chi connectivity index (χ1n) is 13.4. The van der Waals surface area contributed by atoms with E-state index >= 15 is 0 Å². The fraction of sp³-hybridized carbons (Fsp3) is 0.667. The summed E-state index contributed by atoms with van der Waals surface area (Å²) in [4.78, 5) is 35.5. The molecule has 224 valence electrons. The monoisotopic (exact) mass is 580 g/mol. The zero-order valence-corrected chi connectivity index (χ0v) is 22.1. The molecule has 3 aliphatic carbocycles. The number of benzene rings is 1. The van der Waals surface area contributed by atoms with Crippen molar-refractivity contribution in [1.82, 2.24) is 0 Å². The van der Waals surface area contributed by atoms with Gasteiger partial charge in [0, 0.05) is 12.3 Å². The van der Waals surface area contributed by atoms with Crippen molar-refractivity contribution >= 4 is 17.9 Å². The van der Waals surface area contributed by atoms with E-state index in [1.54, 1.807) is 37.3 Å². The smallest absolute Gasteiger partial charge is 0.338 e. The van der Waals surface area contributed by atoms with Crippen molar-refractivity contribution in [2.45, 2.75) is 86.6 Å². The molecule has 0 spiro atoms. The standard InChI is InChI=1S/C27H32O14/c1-24-11-26(35)15-9-27(24,25(15,23(40-24)41-26)12-37-21(34)13-5-3-2-4-6-13)39-22-20(33)19(32)18(31)14(38-22)10-36-17(30)8-7-16(28)29/h2-6,14-15,18-20,22-23,31-33,35H,7-12H2,1H3,(H,28,29)/t14-,15-,18-,19+,20-,22+,23-,24+,25+,26-,27+/m1/s1. The van der Waals surface area contributed by atoms with Crippen LogP contribution in [-0.4, -0.2) is 111 Å². The normalized spacial score (nSPS) is 45.2. The molecule has 41 heavy (non-hydrogen) atoms. The summed E-state index contributed by atoms with van der Waals surface area (Å²) in [7, 11) is 0. The zero-order chi connectivity index (χ0) is 29.4. The van der Waals surface area contributed by atoms with Gasteiger partial charge in [0.25, 0.3) is 0 Å². The second kappa shape index (κ2) is 9.67. The molecule has 1 aromatic rings. The van der Waals surface area contributed by atoms with Crippen LogP contribution >= 0.6 is 0 Å². The van der Waals surface area contributed by atoms with Gasteiger partial charge in [-0.05, 0) is 25.5 Å². The van der Waals surface area contributed by atoms with Crippen LogP contribution in [0.3, 0.4) is 0 Å². The molecule has 6 bridgehead atoms. The molecule has 4 heterocycles. The number of hydrogen-bond acceptors (Lipinski definition) is 13. The van der Waals surface area contributed by atoms with E-state index in [0.29, 0.717) is 5.56 Å². The highest BCUT2D eigenvalue weighted by Crippen LogP contribution is 2.81. The van der Waals surface area contributed by atoms with E-state index in [1.807, 2.05) is 0 Å². The molecule has 8 rings (SSSR count). The zero-order valence-electron chi connectivity index (χ0n) is 22.1. The van der Waals surface area contributed by atoms with Gasteiger partial charge >= 0.3 is 17.9 Å². The Balaban J connectivity index is 1.22. The summed E-state index contributed by atoms with van der Waals surface area (Å²) < 4.78 is 35.0. The number of aliphatic carboxylic acids is 1. The summed E-state index contributed by atoms with van der Waals surface area (Å²) in [5.74, 6) is -4.72. The van der Waals surface area contributed by atoms with Crippen molar-refractivity contribution in [2.24, 2.45) is 11.3 Å². The van der Waals surface area contributed by atoms with Crippen molar-refractivity contribution in [1.29, 1.82) is 0 Å². The van der Waals surface area contributed by atoms with Gasteiger partial charge in [0.1, 0.15) is 48.8 Å². The lowest BCUT2D eigenvalue weighted by Gasteiger charge is -2.67. The number of aliphatic hydroxyl groups excluding tert-OH is 3. The molecule has 4 saturated heterocycles. The molecule has 0 radical (unpaired) electrons. The Morgan fingerprint density at radius 1 is 1.00 bits per heavy atom. The van der Waals surface area contributed by atoms with Crippen molar-refractivity contribution in [3.8, 4) is 0 Å². The van der Waals surface area contributed by atoms with Gasteiger partial charge in [-0.1, -0.05) is 18.2 Å². The molecule has 7 aliphatic rings. The number of carboxylic acid groups (broad SMARTS) is 1. The van der Waals surface area contributed by atoms with E-state index < -0.39 is 103 Å². The van der Waals surface area contributed by atoms with Crippen LogP contribution in [0.5, 0.6) is 0 Å². The van der Waals surface area contributed by atoms with Crippen molar-refractivity contribution in [3.63, 3.8) is 0 Å². The first-order valence-corrected chi connectivity index (χ1v) is 13.4. The van der Waals surface area contributed by atoms with Gasteiger partial charge in [0.05, 0.1) is 23.8 Å². The largest absolute Gasteiger partial charge is 0.481 e. The van der Waals surface area contributed by atoms with Crippen LogP contribution in [0.1, 0.15) is 43.0 Å². The van der Waals surface area contributed by atoms with Crippen molar-refractivity contribution < 1.29 is 68.3 Å². The lowest BCUT2D eigenvalue weighted by molar-refractivity contribution is -0.424. The molecular formula is C27H32O14. The third-order valence-electron chi connectivity index (χ3n) is 9.34. The Labute approximate surface area is 233 Å². The minimum absolute atomic E-state index is 0.0220. The minimum atomic E-state index is -1.75. The van der Waals surface area contributed by atoms with Gasteiger partial charge in [-0.25, -0.2) is 4.79 Å². The quantitative estimate of drug-likeness (QED) is 0.212. The lowest BCUT2D eigenvalue weighted by Crippen LogP contribution is -2.80. The van der Waals surface area contributed by atoms with Crippen molar-refractivity contribution in [3.05, 3.63) is 35.9 Å². The molecule has 11 atom stereocenters. The lowest BCUT2D eigenvalue weighted by atomic mass is 9.41. The molecule has 0 unspecified atom stereocenters. The highest BCUT2D eigenvalue weighted by Gasteiger charge is 2.94. The maximum absolute atomic E-state index is 12.8. The number of carbonyl (C=O) groups excluding carboxylic acids is 2. The van der Waals surface area contributed by atoms with Gasteiger partial charge in [0.2, 0.25) is 0 Å². The van der Waals surface area contributed by atoms with Crippen LogP contribution in [0.2, 0.25) is 0 Å². The molecule has 0 aromatic heterocycles. The Morgan fingerprint density at radius 2 is 1.73 bits per heavy atom. The number of carbonyl (C=O) groups is 3. The maximum Gasteiger partial charge on any atom is 0.338 e. The van der Waals surface area contributed by atoms with Gasteiger partial charge in [0.15, 0.2) is 18.4 Å². The topological polar surface area (TPSA) is 208 Å². The van der Waals surface area contributed by atoms with Crippen LogP contribution in [0.25, 0.3) is 0 Å². The Hall–Kier alpha value is -2.69. The van der Waals surface area contributed by atoms with E-state index in [9.17, 15) is 34.8 Å². The number of ether oxygens (including phenoxy) is 6. The molecule has 1 aromatic carbocycles. The fourth-order valence-corrected chi connectivity index (χ4v) is 7.32. The van der Waals surface area contributed by atoms with Crippen LogP contribution in [0.15, 0.2) is 30.3 Å². The average Bonchev–Trinajstić information content (AvgIpc) is 3.12. The third kappa shape index (κ3) is 4.04. The summed E-state index contributed by atoms with van der Waals surface area (Å²) in [6.07, 6.45) is -9.65. The second-order valence-corrected chi connectivity index (χ2v) is 11.6. The summed E-state index contributed by atoms with van der Waals surface area (Å²) in [6, 6.07) is 8.34. The maximum atomic E-state index is 12.8. The highest BCUT2D eigenvalue weighted by atomic mass is 16.8. The number of hydrogen-bond donors (Lipinski definition) is 5. The van der Waals surface area contributed by atoms with Gasteiger partial charge in [-0.2, -0.15) is 0 Å². The fourth-order valence-electron chi connectivity index (χ4n) is 7.32. The number of esters is 2. The Bertz CT molecular complexity index is 1230. The summed E-state index contributed by atoms with van der Waals surface area (Å²) in [5, 5.41) is 51.9. The molecular weight excluding hydrogens is 548 g/mol. The molecule has 3 saturated carbocycles. The Kier molecular flexibility index (Phi) is 6.71. The summed E-state index contributed by atoms with van der Waals surface area (Å²) in [6.45, 7) is 0.927. The molecule has 14 heteroatoms. The number of rotatable bonds is 10. The van der Waals surface area contributed by atoms with Crippen LogP contribution < -0.4 is 0 Å². The van der Waals surface area contributed by atoms with Crippen molar-refractivity contribution in [2.75, 3.05) is 13.2 Å². The molecule has 5 N–H and O–H groups in total. The van der Waals surface area contributed by atoms with E-state index in [4.69, 9.17) is 33.5 Å². The highest BCUT2D eigenvalue weighted by molar-refractivity contribution is 5.89. The molecule has 7 fully saturated rings. The van der Waals surface area contributed by atoms with Crippen LogP contribution in [-0.2, 0) is 38.0 Å². The average molecular weight is 581 g/mol. The van der Waals surface area contributed by atoms with Crippen LogP contribution in [0, 0.1) is 11.3 Å². The first kappa shape index (κ1) is 28.4. The SMILES string of the molecule is C[C@@]12C[C@@]3(O)O[C@@H](O1)[C@]1(COC(=O)c4ccccc4)[C@H]3C[C@@]12O[C@@H]1O[C@H](COC(=O)CCC(=O)O)[C@@H](O)[C@H](O)[C@H]1O. The third-order valence-corrected chi connectivity index (χ3v) is 9.34. The van der Waals surface area contributed by atoms with E-state index in [0.717, 1.165) is 0 Å². The Morgan fingerprint density at radius 3 is 2.44 bits per heavy atom. The predicted molar refractivity (Wildman–Crippen MR) is 130 cm³/mol.